The van der Waals surface area contributed by atoms with Gasteiger partial charge in [-0.2, -0.15) is 13.2 Å². The number of hydrogen-bond donors (Lipinski definition) is 2. The molecule has 1 aliphatic carbocycles. The first kappa shape index (κ1) is 15.1. The number of carboxylic acid groups (broad SMARTS) is 1. The van der Waals surface area contributed by atoms with Crippen molar-refractivity contribution in [3.05, 3.63) is 0 Å². The number of rotatable bonds is 5. The van der Waals surface area contributed by atoms with Gasteiger partial charge in [-0.1, -0.05) is 0 Å². The molecule has 2 fully saturated rings. The Balaban J connectivity index is 2.20. The highest BCUT2D eigenvalue weighted by atomic mass is 19.4. The molecule has 0 aromatic carbocycles. The number of carbonyl (C=O) groups is 2. The van der Waals surface area contributed by atoms with Gasteiger partial charge in [0.1, 0.15) is 6.54 Å². The van der Waals surface area contributed by atoms with Gasteiger partial charge in [-0.25, -0.2) is 0 Å². The summed E-state index contributed by atoms with van der Waals surface area (Å²) < 4.78 is 39.8. The lowest BCUT2D eigenvalue weighted by Gasteiger charge is -2.34. The minimum atomic E-state index is -4.67. The van der Waals surface area contributed by atoms with Crippen LogP contribution in [0.15, 0.2) is 0 Å². The fourth-order valence-electron chi connectivity index (χ4n) is 2.53. The summed E-state index contributed by atoms with van der Waals surface area (Å²) in [5.41, 5.74) is -2.47. The molecule has 0 bridgehead atoms. The van der Waals surface area contributed by atoms with Crippen molar-refractivity contribution in [1.29, 1.82) is 0 Å². The van der Waals surface area contributed by atoms with Gasteiger partial charge in [-0.15, -0.1) is 0 Å². The van der Waals surface area contributed by atoms with Crippen molar-refractivity contribution >= 4 is 11.9 Å². The summed E-state index contributed by atoms with van der Waals surface area (Å²) in [6, 6.07) is 0. The molecule has 1 aliphatic heterocycles. The topological polar surface area (TPSA) is 69.6 Å². The minimum absolute atomic E-state index is 0.100. The number of nitrogens with zero attached hydrogens (tertiary/aromatic N) is 1. The van der Waals surface area contributed by atoms with E-state index < -0.39 is 36.6 Å². The molecule has 8 heteroatoms. The number of carbonyl (C=O) groups excluding carboxylic acids is 1. The van der Waals surface area contributed by atoms with Gasteiger partial charge in [0.25, 0.3) is 0 Å². The summed E-state index contributed by atoms with van der Waals surface area (Å²) in [5, 5.41) is 11.4. The molecule has 2 aliphatic rings. The number of alkyl halides is 3. The van der Waals surface area contributed by atoms with Crippen LogP contribution in [0.1, 0.15) is 19.3 Å². The molecule has 0 aromatic rings. The van der Waals surface area contributed by atoms with Crippen molar-refractivity contribution in [2.75, 3.05) is 26.2 Å². The fraction of sp³-hybridized carbons (Fsp3) is 0.833. The maximum atomic E-state index is 13.3. The molecule has 5 nitrogen and oxygen atoms in total. The Hall–Kier alpha value is -1.31. The molecule has 1 saturated carbocycles. The van der Waals surface area contributed by atoms with E-state index in [1.807, 2.05) is 0 Å². The summed E-state index contributed by atoms with van der Waals surface area (Å²) in [7, 11) is 0. The Bertz CT molecular complexity index is 401. The first-order valence-electron chi connectivity index (χ1n) is 6.55. The van der Waals surface area contributed by atoms with Crippen LogP contribution in [0, 0.1) is 11.3 Å². The van der Waals surface area contributed by atoms with E-state index in [4.69, 9.17) is 5.11 Å². The third kappa shape index (κ3) is 2.89. The lowest BCUT2D eigenvalue weighted by Crippen LogP contribution is -2.55. The van der Waals surface area contributed by atoms with Crippen LogP contribution in [0.3, 0.4) is 0 Å². The number of carboxylic acids is 1. The van der Waals surface area contributed by atoms with Gasteiger partial charge in [0.05, 0.1) is 0 Å². The average molecular weight is 294 g/mol. The highest BCUT2D eigenvalue weighted by Crippen LogP contribution is 2.45. The van der Waals surface area contributed by atoms with Gasteiger partial charge in [0.2, 0.25) is 5.91 Å². The molecule has 2 rings (SSSR count). The largest absolute Gasteiger partial charge is 0.480 e. The zero-order valence-corrected chi connectivity index (χ0v) is 10.9. The van der Waals surface area contributed by atoms with E-state index >= 15 is 0 Å². The predicted octanol–water partition coefficient (Wildman–Crippen LogP) is 0.852. The zero-order valence-electron chi connectivity index (χ0n) is 10.9. The predicted molar refractivity (Wildman–Crippen MR) is 62.9 cm³/mol. The normalized spacial score (nSPS) is 26.6. The van der Waals surface area contributed by atoms with E-state index in [9.17, 15) is 22.8 Å². The maximum Gasteiger partial charge on any atom is 0.404 e. The number of amides is 1. The van der Waals surface area contributed by atoms with Gasteiger partial charge in [-0.3, -0.25) is 9.59 Å². The quantitative estimate of drug-likeness (QED) is 0.789. The van der Waals surface area contributed by atoms with Crippen LogP contribution in [-0.2, 0) is 9.59 Å². The van der Waals surface area contributed by atoms with Crippen molar-refractivity contribution in [3.63, 3.8) is 0 Å². The monoisotopic (exact) mass is 294 g/mol. The number of nitrogens with one attached hydrogen (secondary N) is 1. The summed E-state index contributed by atoms with van der Waals surface area (Å²) >= 11 is 0. The third-order valence-electron chi connectivity index (χ3n) is 3.90. The van der Waals surface area contributed by atoms with Crippen LogP contribution in [0.4, 0.5) is 13.2 Å². The summed E-state index contributed by atoms with van der Waals surface area (Å²) in [5.74, 6) is -2.26. The standard InChI is InChI=1S/C12H17F3N2O3/c13-12(14,15)11(3-4-16-7-11)10(20)17(6-9(18)19)5-8-1-2-8/h8,16H,1-7H2,(H,18,19). The highest BCUT2D eigenvalue weighted by Gasteiger charge is 2.62. The van der Waals surface area contributed by atoms with E-state index in [0.717, 1.165) is 17.7 Å². The van der Waals surface area contributed by atoms with Crippen molar-refractivity contribution < 1.29 is 27.9 Å². The van der Waals surface area contributed by atoms with Crippen LogP contribution < -0.4 is 5.32 Å². The van der Waals surface area contributed by atoms with Gasteiger partial charge >= 0.3 is 12.1 Å². The Morgan fingerprint density at radius 1 is 1.35 bits per heavy atom. The Morgan fingerprint density at radius 2 is 2.00 bits per heavy atom. The van der Waals surface area contributed by atoms with E-state index in [-0.39, 0.29) is 25.4 Å². The van der Waals surface area contributed by atoms with Crippen LogP contribution in [0.5, 0.6) is 0 Å². The first-order valence-corrected chi connectivity index (χ1v) is 6.55. The van der Waals surface area contributed by atoms with E-state index in [0.29, 0.717) is 0 Å². The van der Waals surface area contributed by atoms with Gasteiger partial charge in [0, 0.05) is 13.1 Å². The van der Waals surface area contributed by atoms with Gasteiger partial charge in [-0.05, 0) is 31.7 Å². The molecule has 1 unspecified atom stereocenters. The Labute approximate surface area is 114 Å². The molecular formula is C12H17F3N2O3. The lowest BCUT2D eigenvalue weighted by molar-refractivity contribution is -0.222. The second kappa shape index (κ2) is 5.23. The smallest absolute Gasteiger partial charge is 0.404 e. The fourth-order valence-corrected chi connectivity index (χ4v) is 2.53. The van der Waals surface area contributed by atoms with Gasteiger partial charge in [0.15, 0.2) is 5.41 Å². The highest BCUT2D eigenvalue weighted by molar-refractivity contribution is 5.87. The zero-order chi connectivity index (χ0) is 15.0. The molecule has 0 aromatic heterocycles. The molecule has 1 heterocycles. The summed E-state index contributed by atoms with van der Waals surface area (Å²) in [6.45, 7) is -0.943. The van der Waals surface area contributed by atoms with Crippen molar-refractivity contribution in [2.24, 2.45) is 11.3 Å². The summed E-state index contributed by atoms with van der Waals surface area (Å²) in [6.07, 6.45) is -3.34. The van der Waals surface area contributed by atoms with Crippen LogP contribution in [0.25, 0.3) is 0 Å². The van der Waals surface area contributed by atoms with Crippen molar-refractivity contribution in [1.82, 2.24) is 10.2 Å². The minimum Gasteiger partial charge on any atom is -0.480 e. The van der Waals surface area contributed by atoms with Crippen LogP contribution >= 0.6 is 0 Å². The molecule has 20 heavy (non-hydrogen) atoms. The first-order chi connectivity index (χ1) is 9.26. The van der Waals surface area contributed by atoms with Crippen LogP contribution in [-0.4, -0.2) is 54.2 Å². The SMILES string of the molecule is O=C(O)CN(CC1CC1)C(=O)C1(C(F)(F)F)CCNC1. The number of hydrogen-bond acceptors (Lipinski definition) is 3. The summed E-state index contributed by atoms with van der Waals surface area (Å²) in [4.78, 5) is 24.0. The number of halogens is 3. The molecule has 1 atom stereocenters. The van der Waals surface area contributed by atoms with E-state index in [2.05, 4.69) is 5.32 Å². The van der Waals surface area contributed by atoms with Crippen molar-refractivity contribution in [2.45, 2.75) is 25.4 Å². The third-order valence-corrected chi connectivity index (χ3v) is 3.90. The molecule has 1 saturated heterocycles. The number of aliphatic carboxylic acids is 1. The van der Waals surface area contributed by atoms with Crippen molar-refractivity contribution in [3.8, 4) is 0 Å². The molecular weight excluding hydrogens is 277 g/mol. The van der Waals surface area contributed by atoms with E-state index in [1.54, 1.807) is 0 Å². The molecule has 0 radical (unpaired) electrons. The Morgan fingerprint density at radius 3 is 2.40 bits per heavy atom. The average Bonchev–Trinajstić information content (AvgIpc) is 2.98. The molecule has 2 N–H and O–H groups in total. The lowest BCUT2D eigenvalue weighted by atomic mass is 9.84. The van der Waals surface area contributed by atoms with Crippen LogP contribution in [0.2, 0.25) is 0 Å². The molecule has 1 amide bonds. The van der Waals surface area contributed by atoms with Gasteiger partial charge < -0.3 is 15.3 Å². The second-order valence-electron chi connectivity index (χ2n) is 5.53. The second-order valence-corrected chi connectivity index (χ2v) is 5.53. The Kier molecular flexibility index (Phi) is 3.95. The molecule has 0 spiro atoms. The molecule has 114 valence electrons. The maximum absolute atomic E-state index is 13.3. The van der Waals surface area contributed by atoms with E-state index in [1.165, 1.54) is 0 Å².